The van der Waals surface area contributed by atoms with Gasteiger partial charge in [-0.1, -0.05) is 111 Å². The van der Waals surface area contributed by atoms with Crippen molar-refractivity contribution in [1.29, 1.82) is 0 Å². The molecule has 3 aromatic carbocycles. The Morgan fingerprint density at radius 1 is 0.833 bits per heavy atom. The molecule has 0 aliphatic carbocycles. The Morgan fingerprint density at radius 2 is 1.36 bits per heavy atom. The highest BCUT2D eigenvalue weighted by molar-refractivity contribution is 7.99. The van der Waals surface area contributed by atoms with Crippen LogP contribution in [0.15, 0.2) is 95.9 Å². The number of carbonyl (C=O) groups excluding carboxylic acids is 2. The monoisotopic (exact) mass is 609 g/mol. The molecule has 0 heterocycles. The minimum Gasteiger partial charge on any atom is -0.449 e. The molecule has 0 bridgehead atoms. The topological polar surface area (TPSA) is 83.1 Å². The lowest BCUT2D eigenvalue weighted by Crippen LogP contribution is -2.55. The molecule has 0 unspecified atom stereocenters. The predicted octanol–water partition coefficient (Wildman–Crippen LogP) is 7.57. The molecule has 9 heteroatoms. The maximum absolute atomic E-state index is 13.2. The Labute approximate surface area is 255 Å². The Bertz CT molecular complexity index is 1240. The Balaban J connectivity index is 1.94. The number of rotatable bonds is 14. The number of esters is 1. The van der Waals surface area contributed by atoms with Crippen LogP contribution in [-0.2, 0) is 36.6 Å². The summed E-state index contributed by atoms with van der Waals surface area (Å²) in [5, 5.41) is 2.94. The number of nitrogens with one attached hydrogen (secondary N) is 1. The Hall–Kier alpha value is -3.11. The zero-order chi connectivity index (χ0) is 30.6. The van der Waals surface area contributed by atoms with Crippen LogP contribution < -0.4 is 5.32 Å². The summed E-state index contributed by atoms with van der Waals surface area (Å²) in [6.45, 7) is 12.8. The molecule has 3 atom stereocenters. The van der Waals surface area contributed by atoms with Gasteiger partial charge in [-0.05, 0) is 41.4 Å². The second-order valence-electron chi connectivity index (χ2n) is 11.5. The van der Waals surface area contributed by atoms with Gasteiger partial charge in [0.15, 0.2) is 13.8 Å². The van der Waals surface area contributed by atoms with Gasteiger partial charge in [0.25, 0.3) is 0 Å². The van der Waals surface area contributed by atoms with E-state index in [1.54, 1.807) is 0 Å². The molecule has 0 fully saturated rings. The van der Waals surface area contributed by atoms with E-state index in [4.69, 9.17) is 18.6 Å². The van der Waals surface area contributed by atoms with Gasteiger partial charge in [0, 0.05) is 11.8 Å². The predicted molar refractivity (Wildman–Crippen MR) is 170 cm³/mol. The first-order chi connectivity index (χ1) is 19.9. The summed E-state index contributed by atoms with van der Waals surface area (Å²) in [7, 11) is -2.20. The summed E-state index contributed by atoms with van der Waals surface area (Å²) >= 11 is 1.33. The molecule has 1 amide bonds. The van der Waals surface area contributed by atoms with Gasteiger partial charge in [0.1, 0.15) is 18.8 Å². The maximum atomic E-state index is 13.2. The van der Waals surface area contributed by atoms with E-state index in [0.29, 0.717) is 0 Å². The quantitative estimate of drug-likeness (QED) is 0.0874. The van der Waals surface area contributed by atoms with Crippen LogP contribution in [0.3, 0.4) is 0 Å². The van der Waals surface area contributed by atoms with Gasteiger partial charge in [-0.2, -0.15) is 0 Å². The summed E-state index contributed by atoms with van der Waals surface area (Å²) in [6, 6.07) is 28.0. The van der Waals surface area contributed by atoms with E-state index < -0.39 is 38.0 Å². The first kappa shape index (κ1) is 33.4. The second kappa shape index (κ2) is 15.9. The van der Waals surface area contributed by atoms with Gasteiger partial charge in [-0.15, -0.1) is 0 Å². The molecule has 3 rings (SSSR count). The van der Waals surface area contributed by atoms with Crippen molar-refractivity contribution in [2.75, 3.05) is 6.61 Å². The van der Waals surface area contributed by atoms with Crippen LogP contribution in [0.2, 0.25) is 18.1 Å². The lowest BCUT2D eigenvalue weighted by molar-refractivity contribution is -0.145. The molecule has 0 radical (unpaired) electrons. The minimum atomic E-state index is -2.20. The number of hydrogen-bond acceptors (Lipinski definition) is 7. The van der Waals surface area contributed by atoms with Crippen LogP contribution in [0.4, 0.5) is 4.79 Å². The number of hydrogen-bond donors (Lipinski definition) is 1. The van der Waals surface area contributed by atoms with E-state index in [9.17, 15) is 9.59 Å². The Kier molecular flexibility index (Phi) is 12.7. The van der Waals surface area contributed by atoms with Gasteiger partial charge in [0.2, 0.25) is 0 Å². The smallest absolute Gasteiger partial charge is 0.407 e. The van der Waals surface area contributed by atoms with Crippen LogP contribution in [0, 0.1) is 0 Å². The zero-order valence-corrected chi connectivity index (χ0v) is 27.2. The molecule has 3 aromatic rings. The molecule has 0 spiro atoms. The molecular formula is C33H43NO6SSi. The van der Waals surface area contributed by atoms with Crippen LogP contribution in [-0.4, -0.2) is 44.6 Å². The van der Waals surface area contributed by atoms with Crippen molar-refractivity contribution in [3.8, 4) is 0 Å². The fraction of sp³-hybridized carbons (Fsp3) is 0.394. The van der Waals surface area contributed by atoms with Gasteiger partial charge < -0.3 is 24.0 Å². The molecular weight excluding hydrogens is 567 g/mol. The van der Waals surface area contributed by atoms with Gasteiger partial charge in [-0.25, -0.2) is 4.79 Å². The number of thioether (sulfide) groups is 1. The van der Waals surface area contributed by atoms with E-state index in [1.807, 2.05) is 91.0 Å². The van der Waals surface area contributed by atoms with E-state index >= 15 is 0 Å². The average molecular weight is 610 g/mol. The SMILES string of the molecule is CC(=O)O[C@H](Sc1ccccc1)[C@@H](NC(=O)OCc1ccccc1)[C@H](CO[Si](C)(C)C(C)(C)C)OCc1ccccc1. The number of carbonyl (C=O) groups is 2. The van der Waals surface area contributed by atoms with Crippen molar-refractivity contribution in [1.82, 2.24) is 5.32 Å². The third-order valence-electron chi connectivity index (χ3n) is 7.19. The summed E-state index contributed by atoms with van der Waals surface area (Å²) in [5.41, 5.74) is 1.01. The minimum absolute atomic E-state index is 0.0391. The molecule has 0 aromatic heterocycles. The first-order valence-corrected chi connectivity index (χ1v) is 17.9. The van der Waals surface area contributed by atoms with E-state index in [2.05, 4.69) is 39.2 Å². The third kappa shape index (κ3) is 10.9. The number of alkyl carbamates (subject to hydrolysis) is 1. The highest BCUT2D eigenvalue weighted by atomic mass is 32.2. The van der Waals surface area contributed by atoms with Gasteiger partial charge in [-0.3, -0.25) is 4.79 Å². The second-order valence-corrected chi connectivity index (χ2v) is 17.5. The number of ether oxygens (including phenoxy) is 3. The molecule has 0 aliphatic heterocycles. The lowest BCUT2D eigenvalue weighted by Gasteiger charge is -2.39. The highest BCUT2D eigenvalue weighted by Gasteiger charge is 2.41. The van der Waals surface area contributed by atoms with E-state index in [0.717, 1.165) is 16.0 Å². The van der Waals surface area contributed by atoms with Gasteiger partial charge in [0.05, 0.1) is 13.2 Å². The normalized spacial score (nSPS) is 14.0. The molecule has 42 heavy (non-hydrogen) atoms. The van der Waals surface area contributed by atoms with Crippen LogP contribution >= 0.6 is 11.8 Å². The molecule has 7 nitrogen and oxygen atoms in total. The van der Waals surface area contributed by atoms with Crippen molar-refractivity contribution in [2.45, 2.75) is 81.5 Å². The standard InChI is InChI=1S/C33H43NO6SSi/c1-25(35)40-31(41-28-20-14-9-15-21-28)30(34-32(36)38-23-27-18-12-8-13-19-27)29(24-39-42(5,6)33(2,3)4)37-22-26-16-10-7-11-17-26/h7-21,29-31H,22-24H2,1-6H3,(H,34,36)/t29-,30-,31+/m0/s1. The van der Waals surface area contributed by atoms with Crippen molar-refractivity contribution in [3.05, 3.63) is 102 Å². The van der Waals surface area contributed by atoms with Crippen LogP contribution in [0.25, 0.3) is 0 Å². The first-order valence-electron chi connectivity index (χ1n) is 14.1. The van der Waals surface area contributed by atoms with E-state index in [-0.39, 0.29) is 24.9 Å². The molecule has 226 valence electrons. The number of amides is 1. The largest absolute Gasteiger partial charge is 0.449 e. The summed E-state index contributed by atoms with van der Waals surface area (Å²) in [4.78, 5) is 26.5. The summed E-state index contributed by atoms with van der Waals surface area (Å²) in [5.74, 6) is -0.472. The van der Waals surface area contributed by atoms with Crippen molar-refractivity contribution in [3.63, 3.8) is 0 Å². The highest BCUT2D eigenvalue weighted by Crippen LogP contribution is 2.37. The van der Waals surface area contributed by atoms with Crippen molar-refractivity contribution >= 4 is 32.1 Å². The maximum Gasteiger partial charge on any atom is 0.407 e. The van der Waals surface area contributed by atoms with E-state index in [1.165, 1.54) is 18.7 Å². The fourth-order valence-corrected chi connectivity index (χ4v) is 5.91. The van der Waals surface area contributed by atoms with Gasteiger partial charge >= 0.3 is 12.1 Å². The van der Waals surface area contributed by atoms with Crippen molar-refractivity contribution < 1.29 is 28.2 Å². The molecule has 1 N–H and O–H groups in total. The zero-order valence-electron chi connectivity index (χ0n) is 25.4. The van der Waals surface area contributed by atoms with Crippen LogP contribution in [0.5, 0.6) is 0 Å². The molecule has 0 saturated heterocycles. The lowest BCUT2D eigenvalue weighted by atomic mass is 10.1. The molecule has 0 saturated carbocycles. The molecule has 0 aliphatic rings. The Morgan fingerprint density at radius 3 is 1.88 bits per heavy atom. The third-order valence-corrected chi connectivity index (χ3v) is 12.9. The van der Waals surface area contributed by atoms with Crippen LogP contribution in [0.1, 0.15) is 38.8 Å². The fourth-order valence-electron chi connectivity index (χ4n) is 3.74. The summed E-state index contributed by atoms with van der Waals surface area (Å²) in [6.07, 6.45) is -1.31. The van der Waals surface area contributed by atoms with Crippen molar-refractivity contribution in [2.24, 2.45) is 0 Å². The average Bonchev–Trinajstić information content (AvgIpc) is 2.95. The summed E-state index contributed by atoms with van der Waals surface area (Å²) < 4.78 is 24.5. The number of benzene rings is 3.